The highest BCUT2D eigenvalue weighted by atomic mass is 16.3. The minimum absolute atomic E-state index is 0.149. The van der Waals surface area contributed by atoms with E-state index in [1.54, 1.807) is 0 Å². The van der Waals surface area contributed by atoms with Crippen LogP contribution in [0, 0.1) is 0 Å². The highest BCUT2D eigenvalue weighted by molar-refractivity contribution is 5.77. The number of rotatable bonds is 3. The summed E-state index contributed by atoms with van der Waals surface area (Å²) in [5.41, 5.74) is -0.722. The summed E-state index contributed by atoms with van der Waals surface area (Å²) in [6.45, 7) is 1.68. The van der Waals surface area contributed by atoms with Crippen molar-refractivity contribution >= 4 is 5.91 Å². The normalized spacial score (nSPS) is 27.6. The van der Waals surface area contributed by atoms with Crippen molar-refractivity contribution in [3.63, 3.8) is 0 Å². The first-order valence-corrected chi connectivity index (χ1v) is 7.67. The Hall–Kier alpha value is -0.610. The number of carbonyl (C=O) groups excluding carboxylic acids is 1. The van der Waals surface area contributed by atoms with Crippen LogP contribution in [0.4, 0.5) is 0 Å². The average molecular weight is 268 g/mol. The Kier molecular flexibility index (Phi) is 4.85. The van der Waals surface area contributed by atoms with Crippen LogP contribution in [-0.4, -0.2) is 59.6 Å². The molecule has 2 aliphatic rings. The summed E-state index contributed by atoms with van der Waals surface area (Å²) in [6, 6.07) is 0.471. The van der Waals surface area contributed by atoms with Crippen LogP contribution in [0.25, 0.3) is 0 Å². The number of amides is 1. The van der Waals surface area contributed by atoms with Crippen LogP contribution in [0.3, 0.4) is 0 Å². The van der Waals surface area contributed by atoms with Crippen molar-refractivity contribution in [2.45, 2.75) is 63.0 Å². The number of hydrogen-bond acceptors (Lipinski definition) is 3. The maximum atomic E-state index is 12.4. The fraction of sp³-hybridized carbons (Fsp3) is 0.933. The van der Waals surface area contributed by atoms with Crippen LogP contribution in [-0.2, 0) is 4.79 Å². The van der Waals surface area contributed by atoms with Crippen molar-refractivity contribution in [3.8, 4) is 0 Å². The van der Waals surface area contributed by atoms with Crippen LogP contribution >= 0.6 is 0 Å². The fourth-order valence-electron chi connectivity index (χ4n) is 3.38. The van der Waals surface area contributed by atoms with Crippen molar-refractivity contribution in [2.24, 2.45) is 0 Å². The summed E-state index contributed by atoms with van der Waals surface area (Å²) in [5.74, 6) is 0.149. The van der Waals surface area contributed by atoms with Gasteiger partial charge in [-0.15, -0.1) is 0 Å². The molecule has 1 unspecified atom stereocenters. The predicted molar refractivity (Wildman–Crippen MR) is 75.9 cm³/mol. The van der Waals surface area contributed by atoms with E-state index in [1.165, 1.54) is 12.8 Å². The van der Waals surface area contributed by atoms with Gasteiger partial charge in [-0.1, -0.05) is 19.3 Å². The second-order valence-electron chi connectivity index (χ2n) is 6.56. The molecule has 2 rings (SSSR count). The molecule has 4 heteroatoms. The number of nitrogens with zero attached hydrogens (tertiary/aromatic N) is 2. The van der Waals surface area contributed by atoms with Crippen molar-refractivity contribution < 1.29 is 9.90 Å². The van der Waals surface area contributed by atoms with Crippen LogP contribution in [0.5, 0.6) is 0 Å². The van der Waals surface area contributed by atoms with E-state index in [0.717, 1.165) is 45.2 Å². The molecule has 0 aromatic carbocycles. The highest BCUT2D eigenvalue weighted by Gasteiger charge is 2.34. The molecule has 1 aliphatic heterocycles. The third-order valence-electron chi connectivity index (χ3n) is 4.74. The zero-order valence-electron chi connectivity index (χ0n) is 12.4. The number of hydrogen-bond donors (Lipinski definition) is 1. The predicted octanol–water partition coefficient (Wildman–Crippen LogP) is 1.62. The van der Waals surface area contributed by atoms with Gasteiger partial charge in [0.05, 0.1) is 12.0 Å². The van der Waals surface area contributed by atoms with Gasteiger partial charge >= 0.3 is 0 Å². The number of carbonyl (C=O) groups is 1. The Balaban J connectivity index is 1.88. The number of likely N-dealkylation sites (tertiary alicyclic amines) is 1. The fourth-order valence-corrected chi connectivity index (χ4v) is 3.38. The molecule has 2 fully saturated rings. The van der Waals surface area contributed by atoms with Gasteiger partial charge in [0, 0.05) is 19.1 Å². The third-order valence-corrected chi connectivity index (χ3v) is 4.74. The van der Waals surface area contributed by atoms with Crippen LogP contribution < -0.4 is 0 Å². The molecule has 0 aromatic rings. The van der Waals surface area contributed by atoms with E-state index in [-0.39, 0.29) is 5.91 Å². The van der Waals surface area contributed by atoms with Crippen molar-refractivity contribution in [3.05, 3.63) is 0 Å². The van der Waals surface area contributed by atoms with E-state index in [9.17, 15) is 9.90 Å². The average Bonchev–Trinajstić information content (AvgIpc) is 2.39. The minimum atomic E-state index is -0.722. The number of piperidine rings is 1. The quantitative estimate of drug-likeness (QED) is 0.846. The van der Waals surface area contributed by atoms with Crippen LogP contribution in [0.15, 0.2) is 0 Å². The van der Waals surface area contributed by atoms with Gasteiger partial charge in [-0.3, -0.25) is 4.79 Å². The van der Waals surface area contributed by atoms with Gasteiger partial charge in [-0.25, -0.2) is 0 Å². The zero-order chi connectivity index (χ0) is 13.9. The zero-order valence-corrected chi connectivity index (χ0v) is 12.4. The SMILES string of the molecule is CN(C)C1CCCN(C(=O)CC2(O)CCCCC2)C1. The Labute approximate surface area is 116 Å². The first-order chi connectivity index (χ1) is 9.00. The van der Waals surface area contributed by atoms with Crippen molar-refractivity contribution in [1.29, 1.82) is 0 Å². The molecule has 1 saturated heterocycles. The molecule has 1 N–H and O–H groups in total. The lowest BCUT2D eigenvalue weighted by Gasteiger charge is -2.38. The van der Waals surface area contributed by atoms with Crippen molar-refractivity contribution in [1.82, 2.24) is 9.80 Å². The van der Waals surface area contributed by atoms with Crippen LogP contribution in [0.2, 0.25) is 0 Å². The topological polar surface area (TPSA) is 43.8 Å². The number of likely N-dealkylation sites (N-methyl/N-ethyl adjacent to an activating group) is 1. The van der Waals surface area contributed by atoms with E-state index in [4.69, 9.17) is 0 Å². The summed E-state index contributed by atoms with van der Waals surface area (Å²) < 4.78 is 0. The molecular formula is C15H28N2O2. The largest absolute Gasteiger partial charge is 0.389 e. The summed E-state index contributed by atoms with van der Waals surface area (Å²) in [5, 5.41) is 10.5. The van der Waals surface area contributed by atoms with Gasteiger partial charge in [0.25, 0.3) is 0 Å². The van der Waals surface area contributed by atoms with Gasteiger partial charge in [0.2, 0.25) is 5.91 Å². The maximum Gasteiger partial charge on any atom is 0.225 e. The van der Waals surface area contributed by atoms with Crippen LogP contribution in [0.1, 0.15) is 51.4 Å². The smallest absolute Gasteiger partial charge is 0.225 e. The molecule has 0 bridgehead atoms. The van der Waals surface area contributed by atoms with E-state index >= 15 is 0 Å². The molecule has 1 saturated carbocycles. The van der Waals surface area contributed by atoms with E-state index in [2.05, 4.69) is 19.0 Å². The van der Waals surface area contributed by atoms with Gasteiger partial charge in [0.15, 0.2) is 0 Å². The lowest BCUT2D eigenvalue weighted by molar-refractivity contribution is -0.139. The highest BCUT2D eigenvalue weighted by Crippen LogP contribution is 2.31. The molecule has 0 radical (unpaired) electrons. The molecule has 0 aromatic heterocycles. The second kappa shape index (κ2) is 6.23. The molecule has 1 aliphatic carbocycles. The molecule has 1 amide bonds. The Morgan fingerprint density at radius 1 is 1.26 bits per heavy atom. The molecule has 110 valence electrons. The van der Waals surface area contributed by atoms with Gasteiger partial charge in [-0.05, 0) is 39.8 Å². The number of aliphatic hydroxyl groups is 1. The Morgan fingerprint density at radius 3 is 2.58 bits per heavy atom. The molecule has 0 spiro atoms. The van der Waals surface area contributed by atoms with Gasteiger partial charge < -0.3 is 14.9 Å². The molecule has 1 heterocycles. The monoisotopic (exact) mass is 268 g/mol. The molecule has 4 nitrogen and oxygen atoms in total. The standard InChI is InChI=1S/C15H28N2O2/c1-16(2)13-7-6-10-17(12-13)14(18)11-15(19)8-4-3-5-9-15/h13,19H,3-12H2,1-2H3. The Morgan fingerprint density at radius 2 is 1.95 bits per heavy atom. The van der Waals surface area contributed by atoms with Gasteiger partial charge in [0.1, 0.15) is 0 Å². The summed E-state index contributed by atoms with van der Waals surface area (Å²) in [4.78, 5) is 16.5. The first-order valence-electron chi connectivity index (χ1n) is 7.67. The minimum Gasteiger partial charge on any atom is -0.389 e. The van der Waals surface area contributed by atoms with Crippen molar-refractivity contribution in [2.75, 3.05) is 27.2 Å². The summed E-state index contributed by atoms with van der Waals surface area (Å²) in [6.07, 6.45) is 7.48. The lowest BCUT2D eigenvalue weighted by Crippen LogP contribution is -2.49. The van der Waals surface area contributed by atoms with Gasteiger partial charge in [-0.2, -0.15) is 0 Å². The first kappa shape index (κ1) is 14.8. The lowest BCUT2D eigenvalue weighted by atomic mass is 9.82. The van der Waals surface area contributed by atoms with E-state index < -0.39 is 5.60 Å². The third kappa shape index (κ3) is 3.93. The van der Waals surface area contributed by atoms with E-state index in [1.807, 2.05) is 4.90 Å². The second-order valence-corrected chi connectivity index (χ2v) is 6.56. The summed E-state index contributed by atoms with van der Waals surface area (Å²) >= 11 is 0. The summed E-state index contributed by atoms with van der Waals surface area (Å²) in [7, 11) is 4.15. The molecule has 19 heavy (non-hydrogen) atoms. The Bertz CT molecular complexity index is 311. The molecular weight excluding hydrogens is 240 g/mol. The maximum absolute atomic E-state index is 12.4. The van der Waals surface area contributed by atoms with E-state index in [0.29, 0.717) is 12.5 Å². The molecule has 1 atom stereocenters.